The molecule has 126 valence electrons. The van der Waals surface area contributed by atoms with Crippen LogP contribution in [0.1, 0.15) is 61.7 Å². The van der Waals surface area contributed by atoms with E-state index in [0.717, 1.165) is 25.9 Å². The molecule has 0 spiro atoms. The Kier molecular flexibility index (Phi) is 5.31. The average Bonchev–Trinajstić information content (AvgIpc) is 2.61. The molecule has 3 rings (SSSR count). The Morgan fingerprint density at radius 1 is 1.09 bits per heavy atom. The molecule has 0 bridgehead atoms. The molecule has 1 aromatic rings. The zero-order chi connectivity index (χ0) is 16.1. The van der Waals surface area contributed by atoms with Crippen LogP contribution in [0.4, 0.5) is 4.39 Å². The lowest BCUT2D eigenvalue weighted by Crippen LogP contribution is -2.58. The summed E-state index contributed by atoms with van der Waals surface area (Å²) >= 11 is 0. The van der Waals surface area contributed by atoms with Crippen molar-refractivity contribution >= 4 is 5.91 Å². The predicted molar refractivity (Wildman–Crippen MR) is 90.0 cm³/mol. The van der Waals surface area contributed by atoms with Crippen molar-refractivity contribution in [3.63, 3.8) is 0 Å². The van der Waals surface area contributed by atoms with Gasteiger partial charge in [-0.2, -0.15) is 0 Å². The fourth-order valence-corrected chi connectivity index (χ4v) is 4.16. The summed E-state index contributed by atoms with van der Waals surface area (Å²) in [6.07, 6.45) is 9.96. The van der Waals surface area contributed by atoms with Gasteiger partial charge in [0.15, 0.2) is 0 Å². The smallest absolute Gasteiger partial charge is 0.251 e. The van der Waals surface area contributed by atoms with Crippen LogP contribution in [0.15, 0.2) is 24.3 Å². The average molecular weight is 318 g/mol. The minimum atomic E-state index is -0.360. The number of carbonyl (C=O) groups excluding carboxylic acids is 1. The number of rotatable bonds is 4. The van der Waals surface area contributed by atoms with Crippen molar-refractivity contribution in [3.05, 3.63) is 35.6 Å². The van der Waals surface area contributed by atoms with E-state index in [0.29, 0.717) is 12.1 Å². The minimum Gasteiger partial charge on any atom is -0.350 e. The van der Waals surface area contributed by atoms with E-state index in [-0.39, 0.29) is 17.3 Å². The van der Waals surface area contributed by atoms with Gasteiger partial charge < -0.3 is 5.32 Å². The number of hydrogen-bond donors (Lipinski definition) is 1. The molecule has 1 aromatic carbocycles. The molecule has 1 heterocycles. The van der Waals surface area contributed by atoms with Crippen molar-refractivity contribution in [1.29, 1.82) is 0 Å². The highest BCUT2D eigenvalue weighted by molar-refractivity contribution is 5.94. The summed E-state index contributed by atoms with van der Waals surface area (Å²) in [5.74, 6) is -0.521. The Morgan fingerprint density at radius 2 is 1.78 bits per heavy atom. The summed E-state index contributed by atoms with van der Waals surface area (Å²) in [5.41, 5.74) is 0.524. The van der Waals surface area contributed by atoms with Crippen LogP contribution in [0.3, 0.4) is 0 Å². The SMILES string of the molecule is O=C(NCC1(N2CCCCC2)CCCCC1)c1cccc(F)c1. The zero-order valence-electron chi connectivity index (χ0n) is 13.8. The van der Waals surface area contributed by atoms with E-state index in [9.17, 15) is 9.18 Å². The number of nitrogens with zero attached hydrogens (tertiary/aromatic N) is 1. The van der Waals surface area contributed by atoms with Gasteiger partial charge in [0.25, 0.3) is 5.91 Å². The lowest BCUT2D eigenvalue weighted by molar-refractivity contribution is 0.0326. The fraction of sp³-hybridized carbons (Fsp3) is 0.632. The van der Waals surface area contributed by atoms with E-state index in [4.69, 9.17) is 0 Å². The molecule has 1 amide bonds. The van der Waals surface area contributed by atoms with Crippen molar-refractivity contribution < 1.29 is 9.18 Å². The molecule has 4 heteroatoms. The summed E-state index contributed by atoms with van der Waals surface area (Å²) in [6.45, 7) is 2.98. The van der Waals surface area contributed by atoms with Crippen LogP contribution in [-0.4, -0.2) is 36.0 Å². The Morgan fingerprint density at radius 3 is 2.48 bits per heavy atom. The van der Waals surface area contributed by atoms with Crippen LogP contribution >= 0.6 is 0 Å². The van der Waals surface area contributed by atoms with Crippen molar-refractivity contribution in [3.8, 4) is 0 Å². The Hall–Kier alpha value is -1.42. The van der Waals surface area contributed by atoms with Gasteiger partial charge in [-0.25, -0.2) is 4.39 Å². The van der Waals surface area contributed by atoms with E-state index >= 15 is 0 Å². The Labute approximate surface area is 138 Å². The predicted octanol–water partition coefficient (Wildman–Crippen LogP) is 3.74. The van der Waals surface area contributed by atoms with Crippen LogP contribution in [0.5, 0.6) is 0 Å². The quantitative estimate of drug-likeness (QED) is 0.917. The standard InChI is InChI=1S/C19H27FN2O/c20-17-9-7-8-16(14-17)18(23)21-15-19(10-3-1-4-11-19)22-12-5-2-6-13-22/h7-9,14H,1-6,10-13,15H2,(H,21,23). The first-order valence-corrected chi connectivity index (χ1v) is 8.98. The first-order chi connectivity index (χ1) is 11.2. The van der Waals surface area contributed by atoms with Gasteiger partial charge in [-0.3, -0.25) is 9.69 Å². The molecule has 0 aromatic heterocycles. The summed E-state index contributed by atoms with van der Waals surface area (Å²) < 4.78 is 13.3. The summed E-state index contributed by atoms with van der Waals surface area (Å²) in [7, 11) is 0. The number of hydrogen-bond acceptors (Lipinski definition) is 2. The molecule has 3 nitrogen and oxygen atoms in total. The zero-order valence-corrected chi connectivity index (χ0v) is 13.8. The third-order valence-electron chi connectivity index (χ3n) is 5.48. The highest BCUT2D eigenvalue weighted by atomic mass is 19.1. The molecule has 1 saturated carbocycles. The van der Waals surface area contributed by atoms with Gasteiger partial charge in [0.05, 0.1) is 0 Å². The van der Waals surface area contributed by atoms with Gasteiger partial charge in [-0.15, -0.1) is 0 Å². The second-order valence-corrected chi connectivity index (χ2v) is 7.03. The molecule has 0 unspecified atom stereocenters. The molecular formula is C19H27FN2O. The van der Waals surface area contributed by atoms with Crippen molar-refractivity contribution in [1.82, 2.24) is 10.2 Å². The highest BCUT2D eigenvalue weighted by Gasteiger charge is 2.38. The van der Waals surface area contributed by atoms with Crippen LogP contribution in [0.2, 0.25) is 0 Å². The topological polar surface area (TPSA) is 32.3 Å². The number of benzene rings is 1. The van der Waals surface area contributed by atoms with Crippen LogP contribution < -0.4 is 5.32 Å². The molecule has 0 atom stereocenters. The lowest BCUT2D eigenvalue weighted by atomic mass is 9.79. The monoisotopic (exact) mass is 318 g/mol. The molecule has 2 fully saturated rings. The molecular weight excluding hydrogens is 291 g/mol. The number of amides is 1. The number of piperidine rings is 1. The lowest BCUT2D eigenvalue weighted by Gasteiger charge is -2.48. The van der Waals surface area contributed by atoms with Crippen LogP contribution in [-0.2, 0) is 0 Å². The Bertz CT molecular complexity index is 534. The normalized spacial score (nSPS) is 21.8. The van der Waals surface area contributed by atoms with Gasteiger partial charge in [-0.1, -0.05) is 31.7 Å². The van der Waals surface area contributed by atoms with E-state index in [1.165, 1.54) is 50.7 Å². The van der Waals surface area contributed by atoms with Gasteiger partial charge in [0.2, 0.25) is 0 Å². The Balaban J connectivity index is 1.67. The van der Waals surface area contributed by atoms with Crippen molar-refractivity contribution in [2.24, 2.45) is 0 Å². The van der Waals surface area contributed by atoms with Crippen molar-refractivity contribution in [2.75, 3.05) is 19.6 Å². The van der Waals surface area contributed by atoms with E-state index in [2.05, 4.69) is 10.2 Å². The van der Waals surface area contributed by atoms with Gasteiger partial charge in [0.1, 0.15) is 5.82 Å². The summed E-state index contributed by atoms with van der Waals surface area (Å²) in [5, 5.41) is 3.09. The van der Waals surface area contributed by atoms with E-state index in [1.807, 2.05) is 0 Å². The maximum atomic E-state index is 13.3. The summed E-state index contributed by atoms with van der Waals surface area (Å²) in [4.78, 5) is 15.0. The maximum Gasteiger partial charge on any atom is 0.251 e. The summed E-state index contributed by atoms with van der Waals surface area (Å²) in [6, 6.07) is 5.94. The molecule has 23 heavy (non-hydrogen) atoms. The molecule has 1 N–H and O–H groups in total. The molecule has 0 radical (unpaired) electrons. The largest absolute Gasteiger partial charge is 0.350 e. The van der Waals surface area contributed by atoms with E-state index < -0.39 is 0 Å². The second kappa shape index (κ2) is 7.43. The minimum absolute atomic E-state index is 0.113. The highest BCUT2D eigenvalue weighted by Crippen LogP contribution is 2.35. The number of nitrogens with one attached hydrogen (secondary N) is 1. The maximum absolute atomic E-state index is 13.3. The van der Waals surface area contributed by atoms with Gasteiger partial charge >= 0.3 is 0 Å². The number of halogens is 1. The van der Waals surface area contributed by atoms with E-state index in [1.54, 1.807) is 12.1 Å². The van der Waals surface area contributed by atoms with Crippen LogP contribution in [0.25, 0.3) is 0 Å². The van der Waals surface area contributed by atoms with Crippen molar-refractivity contribution in [2.45, 2.75) is 56.9 Å². The first kappa shape index (κ1) is 16.4. The molecule has 1 saturated heterocycles. The second-order valence-electron chi connectivity index (χ2n) is 7.03. The van der Waals surface area contributed by atoms with Crippen LogP contribution in [0, 0.1) is 5.82 Å². The molecule has 2 aliphatic rings. The third kappa shape index (κ3) is 3.92. The molecule has 1 aliphatic heterocycles. The van der Waals surface area contributed by atoms with Gasteiger partial charge in [0, 0.05) is 17.6 Å². The number of likely N-dealkylation sites (tertiary alicyclic amines) is 1. The number of carbonyl (C=O) groups is 1. The van der Waals surface area contributed by atoms with Gasteiger partial charge in [-0.05, 0) is 57.0 Å². The fourth-order valence-electron chi connectivity index (χ4n) is 4.16. The molecule has 1 aliphatic carbocycles. The first-order valence-electron chi connectivity index (χ1n) is 8.98. The third-order valence-corrected chi connectivity index (χ3v) is 5.48.